The maximum Gasteiger partial charge on any atom is 0.220 e. The Kier molecular flexibility index (Phi) is 8.21. The fourth-order valence-corrected chi connectivity index (χ4v) is 2.82. The highest BCUT2D eigenvalue weighted by atomic mass is 16.5. The van der Waals surface area contributed by atoms with Gasteiger partial charge in [0.15, 0.2) is 11.5 Å². The number of methoxy groups -OCH3 is 2. The Morgan fingerprint density at radius 1 is 1.12 bits per heavy atom. The Balaban J connectivity index is 1.61. The van der Waals surface area contributed by atoms with Gasteiger partial charge < -0.3 is 24.8 Å². The van der Waals surface area contributed by atoms with E-state index in [1.807, 2.05) is 18.2 Å². The van der Waals surface area contributed by atoms with Gasteiger partial charge in [0, 0.05) is 32.5 Å². The van der Waals surface area contributed by atoms with Gasteiger partial charge in [-0.1, -0.05) is 6.07 Å². The van der Waals surface area contributed by atoms with Crippen molar-refractivity contribution in [2.45, 2.75) is 38.2 Å². The normalized spacial score (nSPS) is 16.2. The maximum absolute atomic E-state index is 11.9. The molecular formula is C19H28N2O5. The highest BCUT2D eigenvalue weighted by molar-refractivity contribution is 5.83. The second kappa shape index (κ2) is 10.7. The second-order valence-electron chi connectivity index (χ2n) is 6.23. The first-order valence-corrected chi connectivity index (χ1v) is 8.98. The minimum absolute atomic E-state index is 0.115. The lowest BCUT2D eigenvalue weighted by molar-refractivity contribution is -0.126. The number of ether oxygens (including phenoxy) is 3. The van der Waals surface area contributed by atoms with Crippen LogP contribution in [-0.4, -0.2) is 51.8 Å². The zero-order valence-corrected chi connectivity index (χ0v) is 15.5. The van der Waals surface area contributed by atoms with Gasteiger partial charge in [0.25, 0.3) is 0 Å². The van der Waals surface area contributed by atoms with E-state index in [0.717, 1.165) is 25.0 Å². The summed E-state index contributed by atoms with van der Waals surface area (Å²) in [5.41, 5.74) is 1.04. The van der Waals surface area contributed by atoms with Crippen LogP contribution in [0.3, 0.4) is 0 Å². The molecule has 0 aliphatic carbocycles. The molecule has 1 fully saturated rings. The Morgan fingerprint density at radius 3 is 2.50 bits per heavy atom. The quantitative estimate of drug-likeness (QED) is 0.656. The first kappa shape index (κ1) is 20.0. The van der Waals surface area contributed by atoms with Gasteiger partial charge in [-0.3, -0.25) is 9.59 Å². The van der Waals surface area contributed by atoms with Crippen LogP contribution in [0.15, 0.2) is 18.2 Å². The van der Waals surface area contributed by atoms with Crippen molar-refractivity contribution in [2.24, 2.45) is 0 Å². The number of hydrogen-bond donors (Lipinski definition) is 2. The van der Waals surface area contributed by atoms with E-state index in [1.165, 1.54) is 0 Å². The van der Waals surface area contributed by atoms with Crippen LogP contribution in [0.25, 0.3) is 0 Å². The lowest BCUT2D eigenvalue weighted by Gasteiger charge is -2.11. The fraction of sp³-hybridized carbons (Fsp3) is 0.579. The summed E-state index contributed by atoms with van der Waals surface area (Å²) in [6, 6.07) is 5.67. The third-order valence-electron chi connectivity index (χ3n) is 4.31. The molecule has 0 aromatic heterocycles. The first-order valence-electron chi connectivity index (χ1n) is 8.98. The molecule has 1 aromatic carbocycles. The van der Waals surface area contributed by atoms with Gasteiger partial charge in [-0.2, -0.15) is 0 Å². The number of hydrogen-bond acceptors (Lipinski definition) is 5. The van der Waals surface area contributed by atoms with Crippen LogP contribution in [0.1, 0.15) is 31.2 Å². The molecule has 0 spiro atoms. The van der Waals surface area contributed by atoms with Gasteiger partial charge in [-0.05, 0) is 37.0 Å². The molecule has 7 nitrogen and oxygen atoms in total. The molecule has 2 N–H and O–H groups in total. The summed E-state index contributed by atoms with van der Waals surface area (Å²) in [6.07, 6.45) is 3.20. The van der Waals surface area contributed by atoms with Gasteiger partial charge in [0.1, 0.15) is 0 Å². The van der Waals surface area contributed by atoms with Gasteiger partial charge >= 0.3 is 0 Å². The lowest BCUT2D eigenvalue weighted by atomic mass is 10.1. The van der Waals surface area contributed by atoms with E-state index in [1.54, 1.807) is 14.2 Å². The zero-order valence-electron chi connectivity index (χ0n) is 15.5. The molecule has 1 aromatic rings. The highest BCUT2D eigenvalue weighted by Gasteiger charge is 2.16. The van der Waals surface area contributed by atoms with E-state index < -0.39 is 0 Å². The minimum atomic E-state index is -0.127. The molecule has 7 heteroatoms. The van der Waals surface area contributed by atoms with E-state index in [2.05, 4.69) is 10.6 Å². The van der Waals surface area contributed by atoms with E-state index in [9.17, 15) is 9.59 Å². The largest absolute Gasteiger partial charge is 0.493 e. The third kappa shape index (κ3) is 6.55. The number of rotatable bonds is 10. The average Bonchev–Trinajstić information content (AvgIpc) is 3.18. The smallest absolute Gasteiger partial charge is 0.220 e. The SMILES string of the molecule is COc1ccc(CCNC(=O)CCC(=O)NC[C@H]2CCCO2)cc1OC. The number of amides is 2. The molecule has 1 saturated heterocycles. The molecule has 2 rings (SSSR count). The number of benzene rings is 1. The van der Waals surface area contributed by atoms with Crippen molar-refractivity contribution >= 4 is 11.8 Å². The molecular weight excluding hydrogens is 336 g/mol. The Morgan fingerprint density at radius 2 is 1.85 bits per heavy atom. The zero-order chi connectivity index (χ0) is 18.8. The van der Waals surface area contributed by atoms with Crippen LogP contribution in [0.4, 0.5) is 0 Å². The van der Waals surface area contributed by atoms with Crippen molar-refractivity contribution in [3.63, 3.8) is 0 Å². The Hall–Kier alpha value is -2.28. The second-order valence-corrected chi connectivity index (χ2v) is 6.23. The van der Waals surface area contributed by atoms with Gasteiger partial charge in [0.05, 0.1) is 20.3 Å². The maximum atomic E-state index is 11.9. The third-order valence-corrected chi connectivity index (χ3v) is 4.31. The summed E-state index contributed by atoms with van der Waals surface area (Å²) in [4.78, 5) is 23.6. The first-order chi connectivity index (χ1) is 12.6. The molecule has 2 amide bonds. The van der Waals surface area contributed by atoms with Crippen molar-refractivity contribution in [1.82, 2.24) is 10.6 Å². The molecule has 0 radical (unpaired) electrons. The molecule has 1 heterocycles. The van der Waals surface area contributed by atoms with E-state index in [4.69, 9.17) is 14.2 Å². The summed E-state index contributed by atoms with van der Waals surface area (Å²) in [5, 5.41) is 5.65. The van der Waals surface area contributed by atoms with Gasteiger partial charge in [-0.15, -0.1) is 0 Å². The summed E-state index contributed by atoms with van der Waals surface area (Å²) in [5.74, 6) is 1.10. The van der Waals surface area contributed by atoms with Crippen LogP contribution in [0, 0.1) is 0 Å². The monoisotopic (exact) mass is 364 g/mol. The Labute approximate surface area is 154 Å². The van der Waals surface area contributed by atoms with Crippen molar-refractivity contribution in [2.75, 3.05) is 33.9 Å². The van der Waals surface area contributed by atoms with E-state index in [0.29, 0.717) is 31.0 Å². The summed E-state index contributed by atoms with van der Waals surface area (Å²) in [7, 11) is 3.18. The van der Waals surface area contributed by atoms with Crippen LogP contribution in [0.2, 0.25) is 0 Å². The molecule has 1 aliphatic rings. The molecule has 0 saturated carbocycles. The fourth-order valence-electron chi connectivity index (χ4n) is 2.82. The summed E-state index contributed by atoms with van der Waals surface area (Å²) >= 11 is 0. The van der Waals surface area contributed by atoms with Gasteiger partial charge in [0.2, 0.25) is 11.8 Å². The Bertz CT molecular complexity index is 600. The minimum Gasteiger partial charge on any atom is -0.493 e. The highest BCUT2D eigenvalue weighted by Crippen LogP contribution is 2.27. The number of carbonyl (C=O) groups excluding carboxylic acids is 2. The van der Waals surface area contributed by atoms with Crippen molar-refractivity contribution in [3.8, 4) is 11.5 Å². The van der Waals surface area contributed by atoms with Gasteiger partial charge in [-0.25, -0.2) is 0 Å². The number of carbonyl (C=O) groups is 2. The molecule has 1 atom stereocenters. The van der Waals surface area contributed by atoms with Crippen molar-refractivity contribution in [3.05, 3.63) is 23.8 Å². The molecule has 1 aliphatic heterocycles. The molecule has 0 bridgehead atoms. The molecule has 26 heavy (non-hydrogen) atoms. The summed E-state index contributed by atoms with van der Waals surface area (Å²) in [6.45, 7) is 1.80. The van der Waals surface area contributed by atoms with Crippen LogP contribution < -0.4 is 20.1 Å². The van der Waals surface area contributed by atoms with Crippen LogP contribution in [-0.2, 0) is 20.7 Å². The predicted molar refractivity (Wildman–Crippen MR) is 97.5 cm³/mol. The summed E-state index contributed by atoms with van der Waals surface area (Å²) < 4.78 is 15.9. The standard InChI is InChI=1S/C19H28N2O5/c1-24-16-6-5-14(12-17(16)25-2)9-10-20-18(22)7-8-19(23)21-13-15-4-3-11-26-15/h5-6,12,15H,3-4,7-11,13H2,1-2H3,(H,20,22)(H,21,23)/t15-/m1/s1. The van der Waals surface area contributed by atoms with Crippen LogP contribution in [0.5, 0.6) is 11.5 Å². The van der Waals surface area contributed by atoms with Crippen molar-refractivity contribution in [1.29, 1.82) is 0 Å². The topological polar surface area (TPSA) is 85.9 Å². The van der Waals surface area contributed by atoms with Crippen molar-refractivity contribution < 1.29 is 23.8 Å². The van der Waals surface area contributed by atoms with E-state index in [-0.39, 0.29) is 30.8 Å². The molecule has 144 valence electrons. The predicted octanol–water partition coefficient (Wildman–Crippen LogP) is 1.44. The average molecular weight is 364 g/mol. The number of nitrogens with one attached hydrogen (secondary N) is 2. The van der Waals surface area contributed by atoms with E-state index >= 15 is 0 Å². The molecule has 0 unspecified atom stereocenters. The lowest BCUT2D eigenvalue weighted by Crippen LogP contribution is -2.33. The van der Waals surface area contributed by atoms with Crippen LogP contribution >= 0.6 is 0 Å².